The van der Waals surface area contributed by atoms with Gasteiger partial charge in [0.1, 0.15) is 0 Å². The average molecular weight is 368 g/mol. The SMILES string of the molecule is CC(=O)N1CC(c2nc(C)no2)C2(C1)CN(C(=O)c1ccc(C)cc1C)C2. The number of hydrogen-bond donors (Lipinski definition) is 0. The molecule has 0 radical (unpaired) electrons. The number of carbonyl (C=O) groups is 2. The van der Waals surface area contributed by atoms with E-state index >= 15 is 0 Å². The molecule has 2 saturated heterocycles. The number of likely N-dealkylation sites (tertiary alicyclic amines) is 2. The monoisotopic (exact) mass is 368 g/mol. The van der Waals surface area contributed by atoms with Gasteiger partial charge in [0.15, 0.2) is 5.82 Å². The summed E-state index contributed by atoms with van der Waals surface area (Å²) in [6.07, 6.45) is 0. The van der Waals surface area contributed by atoms with Gasteiger partial charge >= 0.3 is 0 Å². The molecule has 27 heavy (non-hydrogen) atoms. The van der Waals surface area contributed by atoms with Crippen molar-refractivity contribution in [1.29, 1.82) is 0 Å². The Morgan fingerprint density at radius 2 is 1.85 bits per heavy atom. The topological polar surface area (TPSA) is 79.5 Å². The summed E-state index contributed by atoms with van der Waals surface area (Å²) in [5, 5.41) is 3.91. The predicted molar refractivity (Wildman–Crippen MR) is 98.3 cm³/mol. The van der Waals surface area contributed by atoms with Crippen LogP contribution in [0.2, 0.25) is 0 Å². The molecule has 1 aromatic heterocycles. The fourth-order valence-electron chi connectivity index (χ4n) is 4.41. The van der Waals surface area contributed by atoms with Gasteiger partial charge in [-0.2, -0.15) is 4.98 Å². The van der Waals surface area contributed by atoms with E-state index in [9.17, 15) is 9.59 Å². The summed E-state index contributed by atoms with van der Waals surface area (Å²) in [6.45, 7) is 9.71. The molecule has 2 aliphatic rings. The molecule has 7 nitrogen and oxygen atoms in total. The van der Waals surface area contributed by atoms with Crippen molar-refractivity contribution in [2.24, 2.45) is 5.41 Å². The molecular formula is C20H24N4O3. The standard InChI is InChI=1S/C20H24N4O3/c1-12-5-6-16(13(2)7-12)19(26)24-10-20(11-24)9-23(15(4)25)8-17(20)18-21-14(3)22-27-18/h5-7,17H,8-11H2,1-4H3. The molecule has 4 rings (SSSR count). The Bertz CT molecular complexity index is 914. The molecule has 1 aromatic carbocycles. The molecular weight excluding hydrogens is 344 g/mol. The summed E-state index contributed by atoms with van der Waals surface area (Å²) < 4.78 is 5.42. The molecule has 1 unspecified atom stereocenters. The van der Waals surface area contributed by atoms with E-state index in [1.54, 1.807) is 13.8 Å². The molecule has 0 aliphatic carbocycles. The van der Waals surface area contributed by atoms with Crippen molar-refractivity contribution in [3.05, 3.63) is 46.6 Å². The molecule has 0 N–H and O–H groups in total. The summed E-state index contributed by atoms with van der Waals surface area (Å²) in [5.74, 6) is 1.19. The fourth-order valence-corrected chi connectivity index (χ4v) is 4.41. The third-order valence-corrected chi connectivity index (χ3v) is 5.85. The first-order valence-corrected chi connectivity index (χ1v) is 9.21. The highest BCUT2D eigenvalue weighted by Crippen LogP contribution is 2.49. The molecule has 0 saturated carbocycles. The van der Waals surface area contributed by atoms with Crippen molar-refractivity contribution in [3.63, 3.8) is 0 Å². The minimum atomic E-state index is -0.209. The normalized spacial score (nSPS) is 20.8. The van der Waals surface area contributed by atoms with Gasteiger partial charge in [0.05, 0.1) is 5.92 Å². The lowest BCUT2D eigenvalue weighted by molar-refractivity contribution is -0.128. The Balaban J connectivity index is 1.56. The van der Waals surface area contributed by atoms with Crippen LogP contribution < -0.4 is 0 Å². The zero-order valence-corrected chi connectivity index (χ0v) is 16.2. The highest BCUT2D eigenvalue weighted by atomic mass is 16.5. The summed E-state index contributed by atoms with van der Waals surface area (Å²) in [4.78, 5) is 33.0. The minimum Gasteiger partial charge on any atom is -0.341 e. The number of hydrogen-bond acceptors (Lipinski definition) is 5. The average Bonchev–Trinajstić information content (AvgIpc) is 3.16. The molecule has 1 atom stereocenters. The van der Waals surface area contributed by atoms with Gasteiger partial charge in [-0.05, 0) is 32.4 Å². The van der Waals surface area contributed by atoms with Crippen molar-refractivity contribution in [2.45, 2.75) is 33.6 Å². The van der Waals surface area contributed by atoms with Crippen molar-refractivity contribution in [1.82, 2.24) is 19.9 Å². The number of aryl methyl sites for hydroxylation is 3. The molecule has 142 valence electrons. The second-order valence-electron chi connectivity index (χ2n) is 7.97. The molecule has 2 aliphatic heterocycles. The lowest BCUT2D eigenvalue weighted by Gasteiger charge is -2.50. The summed E-state index contributed by atoms with van der Waals surface area (Å²) in [7, 11) is 0. The van der Waals surface area contributed by atoms with E-state index in [-0.39, 0.29) is 23.1 Å². The molecule has 3 heterocycles. The first-order valence-electron chi connectivity index (χ1n) is 9.21. The highest BCUT2D eigenvalue weighted by Gasteiger charge is 2.58. The van der Waals surface area contributed by atoms with E-state index in [4.69, 9.17) is 4.52 Å². The maximum absolute atomic E-state index is 13.0. The highest BCUT2D eigenvalue weighted by molar-refractivity contribution is 5.96. The van der Waals surface area contributed by atoms with Crippen LogP contribution in [0.1, 0.15) is 46.0 Å². The van der Waals surface area contributed by atoms with E-state index in [0.717, 1.165) is 16.7 Å². The van der Waals surface area contributed by atoms with Crippen LogP contribution in [0.3, 0.4) is 0 Å². The van der Waals surface area contributed by atoms with Crippen molar-refractivity contribution >= 4 is 11.8 Å². The third-order valence-electron chi connectivity index (χ3n) is 5.85. The lowest BCUT2D eigenvalue weighted by atomic mass is 9.71. The Kier molecular flexibility index (Phi) is 4.05. The quantitative estimate of drug-likeness (QED) is 0.811. The number of aromatic nitrogens is 2. The lowest BCUT2D eigenvalue weighted by Crippen LogP contribution is -2.61. The van der Waals surface area contributed by atoms with Crippen LogP contribution in [0.5, 0.6) is 0 Å². The molecule has 7 heteroatoms. The Hall–Kier alpha value is -2.70. The van der Waals surface area contributed by atoms with Crippen LogP contribution in [0.15, 0.2) is 22.7 Å². The van der Waals surface area contributed by atoms with Crippen LogP contribution in [0.25, 0.3) is 0 Å². The van der Waals surface area contributed by atoms with E-state index in [1.807, 2.05) is 41.8 Å². The third kappa shape index (κ3) is 2.91. The number of rotatable bonds is 2. The molecule has 0 bridgehead atoms. The van der Waals surface area contributed by atoms with Gasteiger partial charge in [-0.15, -0.1) is 0 Å². The van der Waals surface area contributed by atoms with E-state index < -0.39 is 0 Å². The maximum atomic E-state index is 13.0. The van der Waals surface area contributed by atoms with Crippen LogP contribution in [-0.2, 0) is 4.79 Å². The van der Waals surface area contributed by atoms with Gasteiger partial charge in [-0.1, -0.05) is 22.9 Å². The molecule has 2 aromatic rings. The van der Waals surface area contributed by atoms with Gasteiger partial charge < -0.3 is 14.3 Å². The molecule has 2 amide bonds. The van der Waals surface area contributed by atoms with E-state index in [2.05, 4.69) is 10.1 Å². The van der Waals surface area contributed by atoms with Crippen LogP contribution in [0.4, 0.5) is 0 Å². The van der Waals surface area contributed by atoms with Gasteiger partial charge in [-0.25, -0.2) is 0 Å². The smallest absolute Gasteiger partial charge is 0.254 e. The van der Waals surface area contributed by atoms with Crippen molar-refractivity contribution < 1.29 is 14.1 Å². The zero-order valence-electron chi connectivity index (χ0n) is 16.2. The summed E-state index contributed by atoms with van der Waals surface area (Å²) >= 11 is 0. The van der Waals surface area contributed by atoms with E-state index in [1.165, 1.54) is 0 Å². The Morgan fingerprint density at radius 1 is 1.15 bits per heavy atom. The van der Waals surface area contributed by atoms with Crippen LogP contribution in [0, 0.1) is 26.2 Å². The van der Waals surface area contributed by atoms with Crippen LogP contribution in [-0.4, -0.2) is 57.9 Å². The number of amides is 2. The maximum Gasteiger partial charge on any atom is 0.254 e. The number of benzene rings is 1. The van der Waals surface area contributed by atoms with Gasteiger partial charge in [0.2, 0.25) is 11.8 Å². The Morgan fingerprint density at radius 3 is 2.44 bits per heavy atom. The van der Waals surface area contributed by atoms with Crippen LogP contribution >= 0.6 is 0 Å². The first-order chi connectivity index (χ1) is 12.8. The predicted octanol–water partition coefficient (Wildman–Crippen LogP) is 2.08. The number of carbonyl (C=O) groups excluding carboxylic acids is 2. The zero-order chi connectivity index (χ0) is 19.3. The summed E-state index contributed by atoms with van der Waals surface area (Å²) in [5.41, 5.74) is 2.66. The Labute approximate surface area is 158 Å². The van der Waals surface area contributed by atoms with Gasteiger partial charge in [0, 0.05) is 44.1 Å². The van der Waals surface area contributed by atoms with Crippen molar-refractivity contribution in [2.75, 3.05) is 26.2 Å². The largest absolute Gasteiger partial charge is 0.341 e. The minimum absolute atomic E-state index is 0.0345. The van der Waals surface area contributed by atoms with E-state index in [0.29, 0.717) is 37.9 Å². The summed E-state index contributed by atoms with van der Waals surface area (Å²) in [6, 6.07) is 5.89. The van der Waals surface area contributed by atoms with Crippen molar-refractivity contribution in [3.8, 4) is 0 Å². The fraction of sp³-hybridized carbons (Fsp3) is 0.500. The molecule has 2 fully saturated rings. The van der Waals surface area contributed by atoms with Gasteiger partial charge in [0.25, 0.3) is 5.91 Å². The number of nitrogens with zero attached hydrogens (tertiary/aromatic N) is 4. The second kappa shape index (κ2) is 6.18. The second-order valence-corrected chi connectivity index (χ2v) is 7.97. The molecule has 1 spiro atoms. The first kappa shape index (κ1) is 17.7. The van der Waals surface area contributed by atoms with Gasteiger partial charge in [-0.3, -0.25) is 9.59 Å².